The summed E-state index contributed by atoms with van der Waals surface area (Å²) in [5.41, 5.74) is 1.91. The van der Waals surface area contributed by atoms with Gasteiger partial charge in [-0.15, -0.1) is 23.1 Å². The third-order valence-electron chi connectivity index (χ3n) is 2.17. The van der Waals surface area contributed by atoms with E-state index in [4.69, 9.17) is 9.57 Å². The number of ether oxygens (including phenoxy) is 1. The summed E-state index contributed by atoms with van der Waals surface area (Å²) in [6.45, 7) is 0. The van der Waals surface area contributed by atoms with Crippen LogP contribution in [0, 0.1) is 0 Å². The molecule has 1 aromatic heterocycles. The highest BCUT2D eigenvalue weighted by molar-refractivity contribution is 8.01. The van der Waals surface area contributed by atoms with E-state index >= 15 is 0 Å². The molecule has 0 unspecified atom stereocenters. The summed E-state index contributed by atoms with van der Waals surface area (Å²) >= 11 is 3.19. The zero-order chi connectivity index (χ0) is 11.5. The number of esters is 1. The maximum Gasteiger partial charge on any atom is 0.348 e. The number of fused-ring (bicyclic) bond motifs is 1. The van der Waals surface area contributed by atoms with Crippen LogP contribution in [0.2, 0.25) is 0 Å². The quantitative estimate of drug-likeness (QED) is 0.603. The van der Waals surface area contributed by atoms with Crippen LogP contribution in [-0.2, 0) is 9.57 Å². The number of thioether (sulfide) groups is 1. The van der Waals surface area contributed by atoms with Crippen molar-refractivity contribution in [1.29, 1.82) is 0 Å². The summed E-state index contributed by atoms with van der Waals surface area (Å²) in [4.78, 5) is 16.8. The van der Waals surface area contributed by atoms with Crippen LogP contribution in [0.4, 0.5) is 0 Å². The molecule has 0 fully saturated rings. The number of carbonyl (C=O) groups is 1. The van der Waals surface area contributed by atoms with Crippen molar-refractivity contribution in [2.75, 3.05) is 20.0 Å². The third kappa shape index (κ3) is 2.08. The Morgan fingerprint density at radius 1 is 1.50 bits per heavy atom. The van der Waals surface area contributed by atoms with E-state index in [0.717, 1.165) is 27.7 Å². The van der Waals surface area contributed by atoms with Gasteiger partial charge in [-0.1, -0.05) is 5.16 Å². The third-order valence-corrected chi connectivity index (χ3v) is 4.57. The number of carbonyl (C=O) groups excluding carboxylic acids is 1. The largest absolute Gasteiger partial charge is 0.465 e. The van der Waals surface area contributed by atoms with Crippen LogP contribution >= 0.6 is 23.1 Å². The molecular formula is C10H11NO3S2. The van der Waals surface area contributed by atoms with Crippen molar-refractivity contribution in [3.63, 3.8) is 0 Å². The summed E-state index contributed by atoms with van der Waals surface area (Å²) in [7, 11) is 2.92. The van der Waals surface area contributed by atoms with Gasteiger partial charge in [-0.3, -0.25) is 0 Å². The van der Waals surface area contributed by atoms with Gasteiger partial charge in [0.15, 0.2) is 0 Å². The molecule has 4 nitrogen and oxygen atoms in total. The molecule has 2 heterocycles. The fraction of sp³-hybridized carbons (Fsp3) is 0.400. The fourth-order valence-corrected chi connectivity index (χ4v) is 3.86. The van der Waals surface area contributed by atoms with E-state index in [0.29, 0.717) is 4.88 Å². The summed E-state index contributed by atoms with van der Waals surface area (Å²) in [6, 6.07) is 1.83. The first-order chi connectivity index (χ1) is 7.76. The Labute approximate surface area is 102 Å². The predicted octanol–water partition coefficient (Wildman–Crippen LogP) is 2.38. The zero-order valence-electron chi connectivity index (χ0n) is 8.98. The molecule has 0 N–H and O–H groups in total. The highest BCUT2D eigenvalue weighted by atomic mass is 32.2. The molecule has 0 radical (unpaired) electrons. The molecule has 0 atom stereocenters. The Morgan fingerprint density at radius 2 is 2.31 bits per heavy atom. The number of hydrogen-bond donors (Lipinski definition) is 0. The van der Waals surface area contributed by atoms with Crippen LogP contribution in [0.15, 0.2) is 15.4 Å². The van der Waals surface area contributed by atoms with Crippen molar-refractivity contribution < 1.29 is 14.4 Å². The first-order valence-electron chi connectivity index (χ1n) is 4.71. The number of hydrogen-bond acceptors (Lipinski definition) is 6. The number of thiophene rings is 1. The van der Waals surface area contributed by atoms with E-state index in [1.807, 2.05) is 6.07 Å². The highest BCUT2D eigenvalue weighted by Crippen LogP contribution is 2.37. The summed E-state index contributed by atoms with van der Waals surface area (Å²) < 4.78 is 5.81. The van der Waals surface area contributed by atoms with Gasteiger partial charge in [0.1, 0.15) is 12.0 Å². The second-order valence-corrected chi connectivity index (χ2v) is 5.54. The Morgan fingerprint density at radius 3 is 3.00 bits per heavy atom. The Bertz CT molecular complexity index is 439. The van der Waals surface area contributed by atoms with E-state index in [-0.39, 0.29) is 5.97 Å². The van der Waals surface area contributed by atoms with E-state index < -0.39 is 0 Å². The lowest BCUT2D eigenvalue weighted by atomic mass is 10.1. The first kappa shape index (κ1) is 11.5. The van der Waals surface area contributed by atoms with E-state index in [9.17, 15) is 4.79 Å². The molecule has 0 aliphatic carbocycles. The van der Waals surface area contributed by atoms with Gasteiger partial charge >= 0.3 is 5.97 Å². The van der Waals surface area contributed by atoms with Gasteiger partial charge in [0.05, 0.1) is 17.0 Å². The Balaban J connectivity index is 2.38. The molecule has 0 saturated heterocycles. The molecule has 6 heteroatoms. The second-order valence-electron chi connectivity index (χ2n) is 3.12. The maximum atomic E-state index is 11.4. The predicted molar refractivity (Wildman–Crippen MR) is 64.5 cm³/mol. The highest BCUT2D eigenvalue weighted by Gasteiger charge is 2.22. The van der Waals surface area contributed by atoms with Gasteiger partial charge < -0.3 is 9.57 Å². The lowest BCUT2D eigenvalue weighted by Crippen LogP contribution is -2.07. The van der Waals surface area contributed by atoms with Crippen molar-refractivity contribution >= 4 is 34.8 Å². The van der Waals surface area contributed by atoms with Crippen molar-refractivity contribution in [2.45, 2.75) is 10.6 Å². The first-order valence-corrected chi connectivity index (χ1v) is 6.51. The maximum absolute atomic E-state index is 11.4. The van der Waals surface area contributed by atoms with Crippen LogP contribution in [0.3, 0.4) is 0 Å². The molecule has 0 aromatic carbocycles. The lowest BCUT2D eigenvalue weighted by Gasteiger charge is -2.11. The number of nitrogens with zero attached hydrogens (tertiary/aromatic N) is 1. The molecule has 1 aromatic rings. The van der Waals surface area contributed by atoms with Crippen molar-refractivity contribution in [2.24, 2.45) is 5.16 Å². The van der Waals surface area contributed by atoms with E-state index in [2.05, 4.69) is 5.16 Å². The monoisotopic (exact) mass is 257 g/mol. The fourth-order valence-electron chi connectivity index (χ4n) is 1.46. The van der Waals surface area contributed by atoms with E-state index in [1.54, 1.807) is 11.8 Å². The van der Waals surface area contributed by atoms with Crippen molar-refractivity contribution in [1.82, 2.24) is 0 Å². The topological polar surface area (TPSA) is 47.9 Å². The van der Waals surface area contributed by atoms with Crippen LogP contribution in [0.1, 0.15) is 21.7 Å². The van der Waals surface area contributed by atoms with Gasteiger partial charge in [0, 0.05) is 17.7 Å². The standard InChI is InChI=1S/C10H11NO3S2/c1-13-9(12)8-5-6-7(11-14-2)3-4-15-10(6)16-8/h5H,3-4H2,1-2H3. The molecule has 86 valence electrons. The molecule has 2 rings (SSSR count). The average Bonchev–Trinajstić information content (AvgIpc) is 2.73. The molecule has 0 bridgehead atoms. The van der Waals surface area contributed by atoms with Crippen LogP contribution in [0.25, 0.3) is 0 Å². The average molecular weight is 257 g/mol. The summed E-state index contributed by atoms with van der Waals surface area (Å²) in [5, 5.41) is 3.98. The number of rotatable bonds is 2. The van der Waals surface area contributed by atoms with Crippen LogP contribution in [-0.4, -0.2) is 31.7 Å². The van der Waals surface area contributed by atoms with Crippen LogP contribution in [0.5, 0.6) is 0 Å². The number of oxime groups is 1. The summed E-state index contributed by atoms with van der Waals surface area (Å²) in [6.07, 6.45) is 0.864. The lowest BCUT2D eigenvalue weighted by molar-refractivity contribution is 0.0606. The minimum Gasteiger partial charge on any atom is -0.465 e. The van der Waals surface area contributed by atoms with Crippen molar-refractivity contribution in [3.05, 3.63) is 16.5 Å². The van der Waals surface area contributed by atoms with Crippen LogP contribution < -0.4 is 0 Å². The molecule has 1 aliphatic rings. The normalized spacial score (nSPS) is 17.0. The molecule has 1 aliphatic heterocycles. The SMILES string of the molecule is CON=C1CCSc2sc(C(=O)OC)cc21. The molecule has 0 saturated carbocycles. The van der Waals surface area contributed by atoms with Gasteiger partial charge in [0.25, 0.3) is 0 Å². The van der Waals surface area contributed by atoms with E-state index in [1.165, 1.54) is 25.6 Å². The van der Waals surface area contributed by atoms with Gasteiger partial charge in [-0.25, -0.2) is 4.79 Å². The minimum atomic E-state index is -0.295. The van der Waals surface area contributed by atoms with Crippen molar-refractivity contribution in [3.8, 4) is 0 Å². The molecule has 0 amide bonds. The molecular weight excluding hydrogens is 246 g/mol. The van der Waals surface area contributed by atoms with Gasteiger partial charge in [-0.2, -0.15) is 0 Å². The van der Waals surface area contributed by atoms with Gasteiger partial charge in [0.2, 0.25) is 0 Å². The Kier molecular flexibility index (Phi) is 3.50. The Hall–Kier alpha value is -1.01. The number of methoxy groups -OCH3 is 1. The summed E-state index contributed by atoms with van der Waals surface area (Å²) in [5.74, 6) is 0.674. The smallest absolute Gasteiger partial charge is 0.348 e. The minimum absolute atomic E-state index is 0.295. The second kappa shape index (κ2) is 4.88. The van der Waals surface area contributed by atoms with Gasteiger partial charge in [-0.05, 0) is 6.07 Å². The molecule has 16 heavy (non-hydrogen) atoms. The molecule has 0 spiro atoms. The zero-order valence-corrected chi connectivity index (χ0v) is 10.6.